The Hall–Kier alpha value is -1.64. The van der Waals surface area contributed by atoms with Crippen molar-refractivity contribution in [3.63, 3.8) is 0 Å². The second-order valence-electron chi connectivity index (χ2n) is 3.77. The fourth-order valence-corrected chi connectivity index (χ4v) is 1.81. The van der Waals surface area contributed by atoms with Gasteiger partial charge in [-0.3, -0.25) is 5.10 Å². The summed E-state index contributed by atoms with van der Waals surface area (Å²) < 4.78 is 13.2. The Labute approximate surface area is 88.1 Å². The van der Waals surface area contributed by atoms with Crippen LogP contribution in [-0.4, -0.2) is 10.2 Å². The number of halogens is 1. The van der Waals surface area contributed by atoms with Gasteiger partial charge in [-0.15, -0.1) is 0 Å². The topological polar surface area (TPSA) is 28.7 Å². The first-order valence-electron chi connectivity index (χ1n) is 4.87. The van der Waals surface area contributed by atoms with E-state index < -0.39 is 0 Å². The number of benzene rings is 1. The SMILES string of the molecule is Cc1ccc(F)cc1-c1c(C)n[nH]c1C. The Bertz CT molecular complexity index is 481. The zero-order chi connectivity index (χ0) is 11.0. The maximum absolute atomic E-state index is 13.2. The zero-order valence-corrected chi connectivity index (χ0v) is 9.06. The van der Waals surface area contributed by atoms with E-state index >= 15 is 0 Å². The summed E-state index contributed by atoms with van der Waals surface area (Å²) in [6.07, 6.45) is 0. The molecular formula is C12H13FN2. The van der Waals surface area contributed by atoms with E-state index in [1.165, 1.54) is 6.07 Å². The van der Waals surface area contributed by atoms with Gasteiger partial charge in [-0.2, -0.15) is 5.10 Å². The highest BCUT2D eigenvalue weighted by Crippen LogP contribution is 2.28. The fourth-order valence-electron chi connectivity index (χ4n) is 1.81. The predicted octanol–water partition coefficient (Wildman–Crippen LogP) is 3.14. The lowest BCUT2D eigenvalue weighted by atomic mass is 9.99. The zero-order valence-electron chi connectivity index (χ0n) is 9.06. The van der Waals surface area contributed by atoms with E-state index in [2.05, 4.69) is 10.2 Å². The summed E-state index contributed by atoms with van der Waals surface area (Å²) in [6, 6.07) is 4.82. The van der Waals surface area contributed by atoms with E-state index in [-0.39, 0.29) is 5.82 Å². The summed E-state index contributed by atoms with van der Waals surface area (Å²) in [7, 11) is 0. The summed E-state index contributed by atoms with van der Waals surface area (Å²) in [5, 5.41) is 7.03. The van der Waals surface area contributed by atoms with Crippen LogP contribution in [0.2, 0.25) is 0 Å². The van der Waals surface area contributed by atoms with Crippen LogP contribution in [0.15, 0.2) is 18.2 Å². The molecule has 1 N–H and O–H groups in total. The molecule has 0 fully saturated rings. The van der Waals surface area contributed by atoms with Gasteiger partial charge in [0.1, 0.15) is 5.82 Å². The molecule has 1 aromatic heterocycles. The van der Waals surface area contributed by atoms with E-state index in [0.717, 1.165) is 28.1 Å². The molecule has 1 heterocycles. The molecule has 0 aliphatic rings. The largest absolute Gasteiger partial charge is 0.282 e. The molecule has 1 aromatic carbocycles. The molecule has 2 nitrogen and oxygen atoms in total. The Morgan fingerprint density at radius 2 is 1.93 bits per heavy atom. The Morgan fingerprint density at radius 1 is 1.20 bits per heavy atom. The first-order valence-corrected chi connectivity index (χ1v) is 4.87. The van der Waals surface area contributed by atoms with Gasteiger partial charge in [-0.05, 0) is 44.0 Å². The van der Waals surface area contributed by atoms with E-state index in [1.54, 1.807) is 12.1 Å². The molecule has 0 atom stereocenters. The minimum atomic E-state index is -0.212. The van der Waals surface area contributed by atoms with Gasteiger partial charge in [-0.1, -0.05) is 6.07 Å². The number of hydrogen-bond donors (Lipinski definition) is 1. The van der Waals surface area contributed by atoms with Crippen LogP contribution < -0.4 is 0 Å². The number of H-pyrrole nitrogens is 1. The average molecular weight is 204 g/mol. The first kappa shape index (κ1) is 9.90. The molecule has 0 bridgehead atoms. The van der Waals surface area contributed by atoms with E-state index in [4.69, 9.17) is 0 Å². The lowest BCUT2D eigenvalue weighted by Gasteiger charge is -2.05. The molecule has 0 saturated carbocycles. The maximum Gasteiger partial charge on any atom is 0.123 e. The number of aromatic nitrogens is 2. The van der Waals surface area contributed by atoms with Crippen molar-refractivity contribution in [2.75, 3.05) is 0 Å². The third-order valence-corrected chi connectivity index (χ3v) is 2.60. The van der Waals surface area contributed by atoms with Crippen LogP contribution in [0.5, 0.6) is 0 Å². The van der Waals surface area contributed by atoms with Gasteiger partial charge in [0, 0.05) is 11.3 Å². The smallest absolute Gasteiger partial charge is 0.123 e. The molecular weight excluding hydrogens is 191 g/mol. The molecule has 78 valence electrons. The number of hydrogen-bond acceptors (Lipinski definition) is 1. The lowest BCUT2D eigenvalue weighted by Crippen LogP contribution is -1.88. The van der Waals surface area contributed by atoms with E-state index in [9.17, 15) is 4.39 Å². The Balaban J connectivity index is 2.68. The number of aromatic amines is 1. The van der Waals surface area contributed by atoms with E-state index in [0.29, 0.717) is 0 Å². The van der Waals surface area contributed by atoms with Crippen molar-refractivity contribution < 1.29 is 4.39 Å². The minimum Gasteiger partial charge on any atom is -0.282 e. The highest BCUT2D eigenvalue weighted by Gasteiger charge is 2.11. The molecule has 0 aliphatic carbocycles. The van der Waals surface area contributed by atoms with Crippen LogP contribution in [0.1, 0.15) is 17.0 Å². The van der Waals surface area contributed by atoms with Gasteiger partial charge >= 0.3 is 0 Å². The molecule has 0 unspecified atom stereocenters. The Kier molecular flexibility index (Phi) is 2.31. The van der Waals surface area contributed by atoms with Crippen molar-refractivity contribution in [1.29, 1.82) is 0 Å². The summed E-state index contributed by atoms with van der Waals surface area (Å²) in [5.41, 5.74) is 4.86. The monoisotopic (exact) mass is 204 g/mol. The molecule has 2 rings (SSSR count). The molecule has 0 radical (unpaired) electrons. The standard InChI is InChI=1S/C12H13FN2/c1-7-4-5-10(13)6-11(7)12-8(2)14-15-9(12)3/h4-6H,1-3H3,(H,14,15). The number of rotatable bonds is 1. The quantitative estimate of drug-likeness (QED) is 0.759. The third-order valence-electron chi connectivity index (χ3n) is 2.60. The number of aryl methyl sites for hydroxylation is 3. The van der Waals surface area contributed by atoms with Crippen molar-refractivity contribution in [2.24, 2.45) is 0 Å². The molecule has 0 aliphatic heterocycles. The number of nitrogens with zero attached hydrogens (tertiary/aromatic N) is 1. The first-order chi connectivity index (χ1) is 7.09. The normalized spacial score (nSPS) is 10.7. The van der Waals surface area contributed by atoms with Crippen LogP contribution in [0.25, 0.3) is 11.1 Å². The van der Waals surface area contributed by atoms with Crippen molar-refractivity contribution in [1.82, 2.24) is 10.2 Å². The molecule has 15 heavy (non-hydrogen) atoms. The Morgan fingerprint density at radius 3 is 2.53 bits per heavy atom. The highest BCUT2D eigenvalue weighted by molar-refractivity contribution is 5.71. The molecule has 0 amide bonds. The van der Waals surface area contributed by atoms with Gasteiger partial charge in [0.25, 0.3) is 0 Å². The van der Waals surface area contributed by atoms with Crippen molar-refractivity contribution in [3.8, 4) is 11.1 Å². The average Bonchev–Trinajstić information content (AvgIpc) is 2.51. The maximum atomic E-state index is 13.2. The summed E-state index contributed by atoms with van der Waals surface area (Å²) in [6.45, 7) is 5.84. The molecule has 0 spiro atoms. The van der Waals surface area contributed by atoms with Crippen molar-refractivity contribution in [3.05, 3.63) is 41.0 Å². The third kappa shape index (κ3) is 1.65. The predicted molar refractivity (Wildman–Crippen MR) is 58.2 cm³/mol. The summed E-state index contributed by atoms with van der Waals surface area (Å²) in [4.78, 5) is 0. The summed E-state index contributed by atoms with van der Waals surface area (Å²) >= 11 is 0. The second-order valence-corrected chi connectivity index (χ2v) is 3.77. The van der Waals surface area contributed by atoms with Crippen molar-refractivity contribution in [2.45, 2.75) is 20.8 Å². The molecule has 0 saturated heterocycles. The van der Waals surface area contributed by atoms with Gasteiger partial charge < -0.3 is 0 Å². The van der Waals surface area contributed by atoms with Crippen molar-refractivity contribution >= 4 is 0 Å². The van der Waals surface area contributed by atoms with E-state index in [1.807, 2.05) is 20.8 Å². The molecule has 2 aromatic rings. The fraction of sp³-hybridized carbons (Fsp3) is 0.250. The second kappa shape index (κ2) is 3.50. The molecule has 3 heteroatoms. The van der Waals surface area contributed by atoms with Crippen LogP contribution in [0.4, 0.5) is 4.39 Å². The van der Waals surface area contributed by atoms with Gasteiger partial charge in [0.15, 0.2) is 0 Å². The number of nitrogens with one attached hydrogen (secondary N) is 1. The lowest BCUT2D eigenvalue weighted by molar-refractivity contribution is 0.628. The van der Waals surface area contributed by atoms with Crippen LogP contribution in [-0.2, 0) is 0 Å². The van der Waals surface area contributed by atoms with Crippen LogP contribution >= 0.6 is 0 Å². The summed E-state index contributed by atoms with van der Waals surface area (Å²) in [5.74, 6) is -0.212. The minimum absolute atomic E-state index is 0.212. The highest BCUT2D eigenvalue weighted by atomic mass is 19.1. The van der Waals surface area contributed by atoms with Crippen LogP contribution in [0, 0.1) is 26.6 Å². The van der Waals surface area contributed by atoms with Gasteiger partial charge in [0.2, 0.25) is 0 Å². The van der Waals surface area contributed by atoms with Gasteiger partial charge in [0.05, 0.1) is 5.69 Å². The van der Waals surface area contributed by atoms with Crippen LogP contribution in [0.3, 0.4) is 0 Å². The van der Waals surface area contributed by atoms with Gasteiger partial charge in [-0.25, -0.2) is 4.39 Å².